The second-order valence-electron chi connectivity index (χ2n) is 5.88. The van der Waals surface area contributed by atoms with Gasteiger partial charge < -0.3 is 10.1 Å². The van der Waals surface area contributed by atoms with Crippen molar-refractivity contribution in [3.63, 3.8) is 0 Å². The number of thiophene rings is 1. The molecule has 2 aromatic rings. The lowest BCUT2D eigenvalue weighted by Crippen LogP contribution is -2.48. The van der Waals surface area contributed by atoms with Gasteiger partial charge in [-0.1, -0.05) is 6.07 Å². The van der Waals surface area contributed by atoms with Gasteiger partial charge in [0.25, 0.3) is 5.91 Å². The van der Waals surface area contributed by atoms with Gasteiger partial charge in [-0.15, -0.1) is 11.3 Å². The molecule has 1 aromatic heterocycles. The molecular weight excluding hydrogens is 327 g/mol. The Morgan fingerprint density at radius 3 is 2.58 bits per heavy atom. The third-order valence-electron chi connectivity index (χ3n) is 4.21. The van der Waals surface area contributed by atoms with Crippen LogP contribution in [0.15, 0.2) is 41.8 Å². The number of rotatable bonds is 5. The van der Waals surface area contributed by atoms with Crippen molar-refractivity contribution in [1.29, 1.82) is 0 Å². The Balaban J connectivity index is 1.74. The van der Waals surface area contributed by atoms with Gasteiger partial charge in [-0.3, -0.25) is 9.69 Å². The molecule has 1 fully saturated rings. The highest BCUT2D eigenvalue weighted by atomic mass is 32.1. The van der Waals surface area contributed by atoms with E-state index >= 15 is 0 Å². The van der Waals surface area contributed by atoms with Crippen LogP contribution in [0.25, 0.3) is 0 Å². The van der Waals surface area contributed by atoms with Crippen molar-refractivity contribution in [1.82, 2.24) is 10.2 Å². The average Bonchev–Trinajstić information content (AvgIpc) is 3.10. The minimum absolute atomic E-state index is 0.0701. The maximum Gasteiger partial charge on any atom is 0.251 e. The van der Waals surface area contributed by atoms with E-state index in [9.17, 15) is 9.18 Å². The summed E-state index contributed by atoms with van der Waals surface area (Å²) in [5.41, 5.74) is 0.468. The average molecular weight is 348 g/mol. The minimum Gasteiger partial charge on any atom is -0.379 e. The van der Waals surface area contributed by atoms with Gasteiger partial charge in [0.05, 0.1) is 19.3 Å². The number of ether oxygens (including phenoxy) is 1. The van der Waals surface area contributed by atoms with Gasteiger partial charge in [0.15, 0.2) is 0 Å². The minimum atomic E-state index is -0.343. The zero-order valence-electron chi connectivity index (χ0n) is 13.6. The zero-order valence-corrected chi connectivity index (χ0v) is 14.4. The third-order valence-corrected chi connectivity index (χ3v) is 5.16. The number of carbonyl (C=O) groups is 1. The molecule has 0 bridgehead atoms. The largest absolute Gasteiger partial charge is 0.379 e. The second-order valence-corrected chi connectivity index (χ2v) is 6.86. The summed E-state index contributed by atoms with van der Waals surface area (Å²) in [6.07, 6.45) is 0. The lowest BCUT2D eigenvalue weighted by molar-refractivity contribution is 0.00969. The summed E-state index contributed by atoms with van der Waals surface area (Å²) in [5, 5.41) is 5.12. The van der Waals surface area contributed by atoms with E-state index in [1.54, 1.807) is 11.3 Å². The molecule has 1 N–H and O–H groups in total. The lowest BCUT2D eigenvalue weighted by atomic mass is 10.0. The number of halogens is 1. The smallest absolute Gasteiger partial charge is 0.251 e. The maximum absolute atomic E-state index is 13.0. The molecule has 1 saturated heterocycles. The zero-order chi connectivity index (χ0) is 16.9. The Morgan fingerprint density at radius 1 is 1.25 bits per heavy atom. The number of morpholine rings is 1. The monoisotopic (exact) mass is 348 g/mol. The van der Waals surface area contributed by atoms with Crippen molar-refractivity contribution >= 4 is 17.2 Å². The molecule has 3 rings (SSSR count). The maximum atomic E-state index is 13.0. The van der Waals surface area contributed by atoms with E-state index in [0.717, 1.165) is 13.1 Å². The Morgan fingerprint density at radius 2 is 1.96 bits per heavy atom. The predicted molar refractivity (Wildman–Crippen MR) is 92.8 cm³/mol. The molecule has 0 radical (unpaired) electrons. The van der Waals surface area contributed by atoms with Gasteiger partial charge in [0.1, 0.15) is 5.82 Å². The molecule has 2 atom stereocenters. The van der Waals surface area contributed by atoms with E-state index in [2.05, 4.69) is 21.7 Å². The van der Waals surface area contributed by atoms with E-state index < -0.39 is 0 Å². The molecule has 0 aliphatic carbocycles. The van der Waals surface area contributed by atoms with Crippen molar-refractivity contribution in [2.24, 2.45) is 0 Å². The summed E-state index contributed by atoms with van der Waals surface area (Å²) < 4.78 is 18.5. The predicted octanol–water partition coefficient (Wildman–Crippen LogP) is 3.08. The van der Waals surface area contributed by atoms with Crippen molar-refractivity contribution in [3.8, 4) is 0 Å². The molecule has 4 nitrogen and oxygen atoms in total. The molecule has 0 unspecified atom stereocenters. The fourth-order valence-electron chi connectivity index (χ4n) is 3.03. The highest BCUT2D eigenvalue weighted by molar-refractivity contribution is 7.10. The molecule has 0 saturated carbocycles. The molecule has 128 valence electrons. The number of carbonyl (C=O) groups excluding carboxylic acids is 1. The highest BCUT2D eigenvalue weighted by Gasteiger charge is 2.29. The summed E-state index contributed by atoms with van der Waals surface area (Å²) in [6, 6.07) is 9.79. The summed E-state index contributed by atoms with van der Waals surface area (Å²) in [5.74, 6) is -0.526. The molecule has 0 spiro atoms. The summed E-state index contributed by atoms with van der Waals surface area (Å²) in [6.45, 7) is 5.13. The lowest BCUT2D eigenvalue weighted by Gasteiger charge is -2.37. The van der Waals surface area contributed by atoms with Crippen molar-refractivity contribution in [3.05, 3.63) is 58.0 Å². The van der Waals surface area contributed by atoms with Crippen LogP contribution in [0.4, 0.5) is 4.39 Å². The third kappa shape index (κ3) is 4.01. The Labute approximate surface area is 145 Å². The Bertz CT molecular complexity index is 654. The molecular formula is C18H21FN2O2S. The van der Waals surface area contributed by atoms with Gasteiger partial charge in [-0.25, -0.2) is 4.39 Å². The first kappa shape index (κ1) is 17.1. The summed E-state index contributed by atoms with van der Waals surface area (Å²) in [4.78, 5) is 16.0. The number of amides is 1. The molecule has 1 aromatic carbocycles. The fourth-order valence-corrected chi connectivity index (χ4v) is 3.99. The molecule has 24 heavy (non-hydrogen) atoms. The normalized spacial score (nSPS) is 18.1. The van der Waals surface area contributed by atoms with E-state index in [1.165, 1.54) is 29.1 Å². The van der Waals surface area contributed by atoms with Crippen LogP contribution in [0.3, 0.4) is 0 Å². The van der Waals surface area contributed by atoms with E-state index in [4.69, 9.17) is 4.74 Å². The Hall–Kier alpha value is -1.76. The number of hydrogen-bond donors (Lipinski definition) is 1. The molecule has 6 heteroatoms. The first-order valence-electron chi connectivity index (χ1n) is 8.07. The first-order valence-corrected chi connectivity index (χ1v) is 8.95. The van der Waals surface area contributed by atoms with Crippen LogP contribution < -0.4 is 5.32 Å². The number of nitrogens with zero attached hydrogens (tertiary/aromatic N) is 1. The molecule has 1 aliphatic rings. The van der Waals surface area contributed by atoms with Crippen molar-refractivity contribution in [2.45, 2.75) is 19.0 Å². The fraction of sp³-hybridized carbons (Fsp3) is 0.389. The highest BCUT2D eigenvalue weighted by Crippen LogP contribution is 2.29. The van der Waals surface area contributed by atoms with Crippen LogP contribution in [-0.4, -0.2) is 43.2 Å². The SMILES string of the molecule is C[C@H](NC(=O)c1ccc(F)cc1)[C@H](c1cccs1)N1CCOCC1. The molecule has 2 heterocycles. The van der Waals surface area contributed by atoms with Crippen LogP contribution >= 0.6 is 11.3 Å². The van der Waals surface area contributed by atoms with E-state index in [0.29, 0.717) is 18.8 Å². The van der Waals surface area contributed by atoms with Crippen molar-refractivity contribution < 1.29 is 13.9 Å². The second kappa shape index (κ2) is 7.88. The van der Waals surface area contributed by atoms with E-state index in [1.807, 2.05) is 13.0 Å². The van der Waals surface area contributed by atoms with Crippen LogP contribution in [-0.2, 0) is 4.74 Å². The van der Waals surface area contributed by atoms with E-state index in [-0.39, 0.29) is 23.8 Å². The summed E-state index contributed by atoms with van der Waals surface area (Å²) >= 11 is 1.69. The molecule has 1 aliphatic heterocycles. The van der Waals surface area contributed by atoms with Crippen LogP contribution in [0.1, 0.15) is 28.2 Å². The first-order chi connectivity index (χ1) is 11.6. The number of benzene rings is 1. The van der Waals surface area contributed by atoms with Gasteiger partial charge in [-0.05, 0) is 42.6 Å². The number of nitrogens with one attached hydrogen (secondary N) is 1. The van der Waals surface area contributed by atoms with Crippen LogP contribution in [0, 0.1) is 5.82 Å². The standard InChI is InChI=1S/C18H21FN2O2S/c1-13(20-18(22)14-4-6-15(19)7-5-14)17(16-3-2-12-24-16)21-8-10-23-11-9-21/h2-7,12-13,17H,8-11H2,1H3,(H,20,22)/t13-,17+/m0/s1. The van der Waals surface area contributed by atoms with Gasteiger partial charge in [-0.2, -0.15) is 0 Å². The number of hydrogen-bond acceptors (Lipinski definition) is 4. The summed E-state index contributed by atoms with van der Waals surface area (Å²) in [7, 11) is 0. The van der Waals surface area contributed by atoms with Gasteiger partial charge in [0, 0.05) is 29.6 Å². The van der Waals surface area contributed by atoms with Crippen LogP contribution in [0.2, 0.25) is 0 Å². The molecule has 1 amide bonds. The topological polar surface area (TPSA) is 41.6 Å². The van der Waals surface area contributed by atoms with Gasteiger partial charge in [0.2, 0.25) is 0 Å². The quantitative estimate of drug-likeness (QED) is 0.903. The Kier molecular flexibility index (Phi) is 5.60. The van der Waals surface area contributed by atoms with Crippen molar-refractivity contribution in [2.75, 3.05) is 26.3 Å². The van der Waals surface area contributed by atoms with Gasteiger partial charge >= 0.3 is 0 Å². The van der Waals surface area contributed by atoms with Crippen LogP contribution in [0.5, 0.6) is 0 Å².